The Morgan fingerprint density at radius 3 is 2.61 bits per heavy atom. The molecule has 0 aliphatic rings. The van der Waals surface area contributed by atoms with E-state index in [4.69, 9.17) is 16.3 Å². The van der Waals surface area contributed by atoms with Gasteiger partial charge in [0.2, 0.25) is 0 Å². The second-order valence-electron chi connectivity index (χ2n) is 3.70. The summed E-state index contributed by atoms with van der Waals surface area (Å²) in [6.07, 6.45) is 0.812. The predicted molar refractivity (Wildman–Crippen MR) is 76.5 cm³/mol. The summed E-state index contributed by atoms with van der Waals surface area (Å²) in [7, 11) is 1.59. The van der Waals surface area contributed by atoms with Crippen LogP contribution in [-0.4, -0.2) is 13.4 Å². The monoisotopic (exact) mass is 324 g/mol. The Morgan fingerprint density at radius 1 is 1.17 bits per heavy atom. The lowest BCUT2D eigenvalue weighted by atomic mass is 10.00. The summed E-state index contributed by atoms with van der Waals surface area (Å²) in [5.41, 5.74) is 2.14. The quantitative estimate of drug-likeness (QED) is 0.771. The number of halogens is 2. The van der Waals surface area contributed by atoms with Crippen LogP contribution in [0.25, 0.3) is 11.1 Å². The van der Waals surface area contributed by atoms with Crippen LogP contribution in [0.5, 0.6) is 5.75 Å². The van der Waals surface area contributed by atoms with Gasteiger partial charge in [0.1, 0.15) is 5.75 Å². The van der Waals surface area contributed by atoms with Gasteiger partial charge in [-0.1, -0.05) is 27.5 Å². The highest BCUT2D eigenvalue weighted by Gasteiger charge is 2.10. The number of methoxy groups -OCH3 is 1. The lowest BCUT2D eigenvalue weighted by molar-refractivity contribution is 0.112. The zero-order valence-corrected chi connectivity index (χ0v) is 12.0. The van der Waals surface area contributed by atoms with Crippen molar-refractivity contribution in [2.45, 2.75) is 0 Å². The third kappa shape index (κ3) is 2.57. The Hall–Kier alpha value is -1.32. The van der Waals surface area contributed by atoms with Crippen LogP contribution in [0, 0.1) is 0 Å². The van der Waals surface area contributed by atoms with Crippen molar-refractivity contribution in [3.05, 3.63) is 51.5 Å². The van der Waals surface area contributed by atoms with E-state index >= 15 is 0 Å². The molecule has 0 aliphatic heterocycles. The molecule has 92 valence electrons. The van der Waals surface area contributed by atoms with Gasteiger partial charge in [0.15, 0.2) is 6.29 Å². The molecule has 0 amide bonds. The highest BCUT2D eigenvalue weighted by molar-refractivity contribution is 9.10. The molecule has 0 N–H and O–H groups in total. The van der Waals surface area contributed by atoms with Crippen LogP contribution in [0.1, 0.15) is 10.4 Å². The van der Waals surface area contributed by atoms with E-state index in [9.17, 15) is 4.79 Å². The lowest BCUT2D eigenvalue weighted by Gasteiger charge is -2.10. The second-order valence-corrected chi connectivity index (χ2v) is 5.02. The van der Waals surface area contributed by atoms with Gasteiger partial charge in [0, 0.05) is 20.6 Å². The summed E-state index contributed by atoms with van der Waals surface area (Å²) >= 11 is 9.58. The van der Waals surface area contributed by atoms with Crippen LogP contribution in [-0.2, 0) is 0 Å². The summed E-state index contributed by atoms with van der Waals surface area (Å²) in [6.45, 7) is 0. The van der Waals surface area contributed by atoms with Crippen molar-refractivity contribution < 1.29 is 9.53 Å². The van der Waals surface area contributed by atoms with Crippen molar-refractivity contribution in [3.63, 3.8) is 0 Å². The van der Waals surface area contributed by atoms with Crippen LogP contribution in [0.4, 0.5) is 0 Å². The first-order valence-electron chi connectivity index (χ1n) is 5.24. The molecule has 0 unspecified atom stereocenters. The molecule has 4 heteroatoms. The number of hydrogen-bond acceptors (Lipinski definition) is 2. The Bertz CT molecular complexity index is 596. The Morgan fingerprint density at radius 2 is 1.94 bits per heavy atom. The average Bonchev–Trinajstić information content (AvgIpc) is 2.40. The van der Waals surface area contributed by atoms with Crippen LogP contribution >= 0.6 is 27.5 Å². The molecule has 0 atom stereocenters. The summed E-state index contributed by atoms with van der Waals surface area (Å²) in [6, 6.07) is 10.8. The van der Waals surface area contributed by atoms with Crippen LogP contribution in [0.2, 0.25) is 5.02 Å². The zero-order chi connectivity index (χ0) is 13.1. The molecule has 0 aliphatic carbocycles. The number of carbonyl (C=O) groups is 1. The van der Waals surface area contributed by atoms with Crippen molar-refractivity contribution in [2.75, 3.05) is 7.11 Å². The van der Waals surface area contributed by atoms with Crippen molar-refractivity contribution in [3.8, 4) is 16.9 Å². The van der Waals surface area contributed by atoms with Crippen molar-refractivity contribution in [2.24, 2.45) is 0 Å². The van der Waals surface area contributed by atoms with Gasteiger partial charge < -0.3 is 4.74 Å². The topological polar surface area (TPSA) is 26.3 Å². The maximum Gasteiger partial charge on any atom is 0.150 e. The van der Waals surface area contributed by atoms with E-state index in [0.717, 1.165) is 21.9 Å². The highest BCUT2D eigenvalue weighted by atomic mass is 79.9. The Balaban J connectivity index is 2.67. The van der Waals surface area contributed by atoms with Crippen LogP contribution in [0.3, 0.4) is 0 Å². The van der Waals surface area contributed by atoms with Crippen molar-refractivity contribution in [1.82, 2.24) is 0 Å². The molecule has 2 aromatic carbocycles. The number of ether oxygens (including phenoxy) is 1. The van der Waals surface area contributed by atoms with Gasteiger partial charge in [0.25, 0.3) is 0 Å². The minimum absolute atomic E-state index is 0.579. The molecule has 0 bridgehead atoms. The minimum Gasteiger partial charge on any atom is -0.497 e. The number of carbonyl (C=O) groups excluding carboxylic acids is 1. The fraction of sp³-hybridized carbons (Fsp3) is 0.0714. The maximum atomic E-state index is 11.1. The first-order valence-corrected chi connectivity index (χ1v) is 6.41. The summed E-state index contributed by atoms with van der Waals surface area (Å²) in [4.78, 5) is 11.1. The molecule has 2 aromatic rings. The third-order valence-corrected chi connectivity index (χ3v) is 3.43. The zero-order valence-electron chi connectivity index (χ0n) is 9.61. The Labute approximate surface area is 119 Å². The van der Waals surface area contributed by atoms with Gasteiger partial charge in [-0.05, 0) is 42.0 Å². The van der Waals surface area contributed by atoms with Gasteiger partial charge in [-0.25, -0.2) is 0 Å². The van der Waals surface area contributed by atoms with Gasteiger partial charge in [-0.2, -0.15) is 0 Å². The van der Waals surface area contributed by atoms with E-state index in [0.29, 0.717) is 16.3 Å². The van der Waals surface area contributed by atoms with Gasteiger partial charge in [0.05, 0.1) is 7.11 Å². The predicted octanol–water partition coefficient (Wildman–Crippen LogP) is 4.59. The number of aldehydes is 1. The maximum absolute atomic E-state index is 11.1. The summed E-state index contributed by atoms with van der Waals surface area (Å²) in [5.74, 6) is 0.687. The molecular weight excluding hydrogens is 316 g/mol. The van der Waals surface area contributed by atoms with E-state index in [-0.39, 0.29) is 0 Å². The first-order chi connectivity index (χ1) is 8.65. The van der Waals surface area contributed by atoms with E-state index in [1.165, 1.54) is 0 Å². The minimum atomic E-state index is 0.579. The van der Waals surface area contributed by atoms with E-state index in [1.54, 1.807) is 31.4 Å². The number of benzene rings is 2. The van der Waals surface area contributed by atoms with E-state index in [2.05, 4.69) is 15.9 Å². The Kier molecular flexibility index (Phi) is 4.04. The fourth-order valence-electron chi connectivity index (χ4n) is 1.70. The standard InChI is InChI=1S/C14H10BrClO2/c1-18-11-4-2-9(8-17)12(7-11)13-6-10(15)3-5-14(13)16/h2-8H,1H3. The number of hydrogen-bond donors (Lipinski definition) is 0. The van der Waals surface area contributed by atoms with Crippen LogP contribution < -0.4 is 4.74 Å². The molecule has 0 saturated carbocycles. The number of rotatable bonds is 3. The van der Waals surface area contributed by atoms with Crippen LogP contribution in [0.15, 0.2) is 40.9 Å². The fourth-order valence-corrected chi connectivity index (χ4v) is 2.28. The molecule has 2 rings (SSSR count). The largest absolute Gasteiger partial charge is 0.497 e. The molecule has 18 heavy (non-hydrogen) atoms. The third-order valence-electron chi connectivity index (χ3n) is 2.61. The second kappa shape index (κ2) is 5.55. The smallest absolute Gasteiger partial charge is 0.150 e. The molecule has 0 saturated heterocycles. The average molecular weight is 326 g/mol. The molecule has 0 heterocycles. The molecule has 0 aromatic heterocycles. The molecule has 2 nitrogen and oxygen atoms in total. The lowest BCUT2D eigenvalue weighted by Crippen LogP contribution is -1.91. The summed E-state index contributed by atoms with van der Waals surface area (Å²) < 4.78 is 6.08. The van der Waals surface area contributed by atoms with Crippen molar-refractivity contribution in [1.29, 1.82) is 0 Å². The van der Waals surface area contributed by atoms with E-state index in [1.807, 2.05) is 12.1 Å². The SMILES string of the molecule is COc1ccc(C=O)c(-c2cc(Br)ccc2Cl)c1. The molecule has 0 spiro atoms. The molecule has 0 fully saturated rings. The normalized spacial score (nSPS) is 10.2. The highest BCUT2D eigenvalue weighted by Crippen LogP contribution is 2.34. The molecular formula is C14H10BrClO2. The van der Waals surface area contributed by atoms with E-state index < -0.39 is 0 Å². The molecule has 0 radical (unpaired) electrons. The van der Waals surface area contributed by atoms with Gasteiger partial charge in [-0.3, -0.25) is 4.79 Å². The summed E-state index contributed by atoms with van der Waals surface area (Å²) in [5, 5.41) is 0.592. The van der Waals surface area contributed by atoms with Crippen molar-refractivity contribution >= 4 is 33.8 Å². The van der Waals surface area contributed by atoms with Gasteiger partial charge >= 0.3 is 0 Å². The van der Waals surface area contributed by atoms with Gasteiger partial charge in [-0.15, -0.1) is 0 Å². The first kappa shape index (κ1) is 13.1.